The molecule has 4 unspecified atom stereocenters. The number of piperidine rings is 1. The summed E-state index contributed by atoms with van der Waals surface area (Å²) in [4.78, 5) is 2.90. The van der Waals surface area contributed by atoms with E-state index in [4.69, 9.17) is 9.47 Å². The molecule has 4 aliphatic rings. The van der Waals surface area contributed by atoms with Gasteiger partial charge in [-0.3, -0.25) is 4.90 Å². The zero-order valence-corrected chi connectivity index (χ0v) is 15.3. The van der Waals surface area contributed by atoms with Crippen molar-refractivity contribution in [1.82, 2.24) is 4.90 Å². The van der Waals surface area contributed by atoms with E-state index < -0.39 is 0 Å². The number of thioether (sulfide) groups is 1. The van der Waals surface area contributed by atoms with Crippen molar-refractivity contribution in [2.45, 2.75) is 93.7 Å². The van der Waals surface area contributed by atoms with Crippen LogP contribution >= 0.6 is 11.8 Å². The lowest BCUT2D eigenvalue weighted by molar-refractivity contribution is -0.165. The van der Waals surface area contributed by atoms with Crippen molar-refractivity contribution in [3.63, 3.8) is 0 Å². The van der Waals surface area contributed by atoms with E-state index in [2.05, 4.69) is 16.7 Å². The van der Waals surface area contributed by atoms with Crippen LogP contribution in [0.4, 0.5) is 0 Å². The summed E-state index contributed by atoms with van der Waals surface area (Å²) in [5, 5.41) is 0.707. The Hall–Kier alpha value is 0.230. The molecule has 4 rings (SSSR count). The van der Waals surface area contributed by atoms with Gasteiger partial charge in [0.2, 0.25) is 0 Å². The van der Waals surface area contributed by atoms with Crippen LogP contribution in [0, 0.1) is 0 Å². The zero-order valence-electron chi connectivity index (χ0n) is 14.5. The molecule has 0 aliphatic carbocycles. The smallest absolute Gasteiger partial charge is 0.0785 e. The fraction of sp³-hybridized carbons (Fsp3) is 1.00. The Labute approximate surface area is 145 Å². The van der Waals surface area contributed by atoms with Crippen LogP contribution < -0.4 is 0 Å². The number of hydrogen-bond donors (Lipinski definition) is 0. The molecule has 0 amide bonds. The highest BCUT2D eigenvalue weighted by atomic mass is 32.2. The van der Waals surface area contributed by atoms with Crippen molar-refractivity contribution < 1.29 is 9.47 Å². The minimum absolute atomic E-state index is 0.171. The topological polar surface area (TPSA) is 21.7 Å². The molecule has 4 fully saturated rings. The Bertz CT molecular complexity index is 376. The Kier molecular flexibility index (Phi) is 5.54. The van der Waals surface area contributed by atoms with Crippen molar-refractivity contribution in [3.05, 3.63) is 0 Å². The number of ether oxygens (including phenoxy) is 2. The first-order chi connectivity index (χ1) is 11.4. The van der Waals surface area contributed by atoms with E-state index in [0.717, 1.165) is 13.2 Å². The number of nitrogens with zero attached hydrogens (tertiary/aromatic N) is 1. The van der Waals surface area contributed by atoms with E-state index in [-0.39, 0.29) is 5.54 Å². The van der Waals surface area contributed by atoms with Crippen LogP contribution in [0.2, 0.25) is 0 Å². The van der Waals surface area contributed by atoms with Gasteiger partial charge in [-0.2, -0.15) is 0 Å². The Balaban J connectivity index is 1.64. The van der Waals surface area contributed by atoms with E-state index in [1.807, 2.05) is 0 Å². The lowest BCUT2D eigenvalue weighted by Crippen LogP contribution is -2.68. The maximum Gasteiger partial charge on any atom is 0.0785 e. The van der Waals surface area contributed by atoms with Gasteiger partial charge in [0.15, 0.2) is 0 Å². The minimum Gasteiger partial charge on any atom is -0.376 e. The van der Waals surface area contributed by atoms with E-state index >= 15 is 0 Å². The molecule has 0 saturated carbocycles. The second-order valence-corrected chi connectivity index (χ2v) is 9.11. The van der Waals surface area contributed by atoms with Crippen LogP contribution in [0.3, 0.4) is 0 Å². The van der Waals surface area contributed by atoms with Gasteiger partial charge in [0.05, 0.1) is 23.1 Å². The molecule has 0 aromatic rings. The fourth-order valence-corrected chi connectivity index (χ4v) is 6.89. The minimum atomic E-state index is 0.171. The summed E-state index contributed by atoms with van der Waals surface area (Å²) in [7, 11) is 0. The quantitative estimate of drug-likeness (QED) is 0.768. The van der Waals surface area contributed by atoms with Crippen LogP contribution in [0.25, 0.3) is 0 Å². The van der Waals surface area contributed by atoms with Gasteiger partial charge in [-0.25, -0.2) is 0 Å². The third-order valence-corrected chi connectivity index (χ3v) is 7.89. The van der Waals surface area contributed by atoms with Gasteiger partial charge < -0.3 is 9.47 Å². The fourth-order valence-electron chi connectivity index (χ4n) is 5.43. The summed E-state index contributed by atoms with van der Waals surface area (Å²) in [6.07, 6.45) is 15.3. The third kappa shape index (κ3) is 3.21. The molecular formula is C19H33NO2S. The van der Waals surface area contributed by atoms with E-state index in [0.29, 0.717) is 17.6 Å². The largest absolute Gasteiger partial charge is 0.376 e. The molecule has 4 saturated heterocycles. The number of likely N-dealkylation sites (tertiary alicyclic amines) is 1. The maximum absolute atomic E-state index is 6.42. The van der Waals surface area contributed by atoms with Gasteiger partial charge >= 0.3 is 0 Å². The van der Waals surface area contributed by atoms with Crippen LogP contribution in [0.1, 0.15) is 70.6 Å². The molecular weight excluding hydrogens is 306 g/mol. The van der Waals surface area contributed by atoms with Crippen LogP contribution in [-0.2, 0) is 9.47 Å². The summed E-state index contributed by atoms with van der Waals surface area (Å²) in [6, 6.07) is 0. The van der Waals surface area contributed by atoms with Crippen molar-refractivity contribution in [2.24, 2.45) is 0 Å². The first-order valence-corrected chi connectivity index (χ1v) is 11.1. The third-order valence-electron chi connectivity index (χ3n) is 6.49. The predicted octanol–water partition coefficient (Wildman–Crippen LogP) is 4.20. The molecule has 0 bridgehead atoms. The molecule has 0 radical (unpaired) electrons. The lowest BCUT2D eigenvalue weighted by atomic mass is 9.73. The molecule has 4 aliphatic heterocycles. The van der Waals surface area contributed by atoms with Crippen LogP contribution in [0.15, 0.2) is 0 Å². The highest BCUT2D eigenvalue weighted by molar-refractivity contribution is 7.99. The molecule has 0 aromatic heterocycles. The van der Waals surface area contributed by atoms with Gasteiger partial charge in [0.25, 0.3) is 0 Å². The van der Waals surface area contributed by atoms with Crippen molar-refractivity contribution in [2.75, 3.05) is 25.5 Å². The second-order valence-electron chi connectivity index (χ2n) is 7.82. The molecule has 0 spiro atoms. The summed E-state index contributed by atoms with van der Waals surface area (Å²) in [5.74, 6) is 1.34. The van der Waals surface area contributed by atoms with Crippen LogP contribution in [0.5, 0.6) is 0 Å². The Morgan fingerprint density at radius 1 is 0.783 bits per heavy atom. The zero-order chi connectivity index (χ0) is 15.5. The van der Waals surface area contributed by atoms with Crippen molar-refractivity contribution >= 4 is 11.8 Å². The van der Waals surface area contributed by atoms with Gasteiger partial charge in [-0.1, -0.05) is 12.8 Å². The molecule has 23 heavy (non-hydrogen) atoms. The summed E-state index contributed by atoms with van der Waals surface area (Å²) >= 11 is 2.21. The first kappa shape index (κ1) is 16.7. The first-order valence-electron chi connectivity index (χ1n) is 10.0. The summed E-state index contributed by atoms with van der Waals surface area (Å²) in [5.41, 5.74) is 0.171. The normalized spacial score (nSPS) is 43.6. The van der Waals surface area contributed by atoms with E-state index in [1.54, 1.807) is 0 Å². The van der Waals surface area contributed by atoms with E-state index in [1.165, 1.54) is 82.9 Å². The summed E-state index contributed by atoms with van der Waals surface area (Å²) in [6.45, 7) is 3.19. The molecule has 4 atom stereocenters. The van der Waals surface area contributed by atoms with Crippen molar-refractivity contribution in [3.8, 4) is 0 Å². The monoisotopic (exact) mass is 339 g/mol. The highest BCUT2D eigenvalue weighted by Gasteiger charge is 2.55. The highest BCUT2D eigenvalue weighted by Crippen LogP contribution is 2.47. The maximum atomic E-state index is 6.42. The second kappa shape index (κ2) is 7.63. The summed E-state index contributed by atoms with van der Waals surface area (Å²) < 4.78 is 12.8. The molecule has 0 N–H and O–H groups in total. The SMILES string of the molecule is C1CCC(C2(C3CCCO3)CCCCN2C2CCCCS2)OC1. The van der Waals surface area contributed by atoms with E-state index in [9.17, 15) is 0 Å². The van der Waals surface area contributed by atoms with Gasteiger partial charge in [-0.15, -0.1) is 11.8 Å². The predicted molar refractivity (Wildman–Crippen MR) is 96.0 cm³/mol. The molecule has 0 aromatic carbocycles. The number of rotatable bonds is 3. The Morgan fingerprint density at radius 2 is 1.57 bits per heavy atom. The Morgan fingerprint density at radius 3 is 2.26 bits per heavy atom. The molecule has 132 valence electrons. The molecule has 4 heteroatoms. The van der Waals surface area contributed by atoms with Gasteiger partial charge in [-0.05, 0) is 70.1 Å². The number of hydrogen-bond acceptors (Lipinski definition) is 4. The van der Waals surface area contributed by atoms with Crippen molar-refractivity contribution in [1.29, 1.82) is 0 Å². The van der Waals surface area contributed by atoms with Gasteiger partial charge in [0, 0.05) is 13.2 Å². The lowest BCUT2D eigenvalue weighted by Gasteiger charge is -2.57. The average Bonchev–Trinajstić information content (AvgIpc) is 3.18. The van der Waals surface area contributed by atoms with Gasteiger partial charge in [0.1, 0.15) is 0 Å². The van der Waals surface area contributed by atoms with Crippen LogP contribution in [-0.4, -0.2) is 53.5 Å². The molecule has 4 heterocycles. The molecule has 3 nitrogen and oxygen atoms in total. The average molecular weight is 340 g/mol. The standard InChI is InChI=1S/C19H33NO2S/c1-5-13-21-16(8-1)19(17-9-7-14-22-17)11-3-4-12-20(19)18-10-2-6-15-23-18/h16-18H,1-15H2.